The third kappa shape index (κ3) is 3.94. The predicted octanol–water partition coefficient (Wildman–Crippen LogP) is 4.09. The molecule has 0 unspecified atom stereocenters. The van der Waals surface area contributed by atoms with Gasteiger partial charge in [0.2, 0.25) is 0 Å². The van der Waals surface area contributed by atoms with E-state index in [0.29, 0.717) is 12.6 Å². The first kappa shape index (κ1) is 17.5. The highest BCUT2D eigenvalue weighted by atomic mass is 16.2. The first-order valence-corrected chi connectivity index (χ1v) is 9.56. The summed E-state index contributed by atoms with van der Waals surface area (Å²) in [6.07, 6.45) is 6.47. The number of rotatable bonds is 6. The van der Waals surface area contributed by atoms with Crippen LogP contribution < -0.4 is 5.32 Å². The maximum absolute atomic E-state index is 13.0. The second-order valence-corrected chi connectivity index (χ2v) is 7.27. The molecule has 0 spiro atoms. The molecule has 2 heterocycles. The average Bonchev–Trinajstić information content (AvgIpc) is 3.43. The first-order valence-electron chi connectivity index (χ1n) is 9.56. The van der Waals surface area contributed by atoms with Gasteiger partial charge in [-0.25, -0.2) is 9.78 Å². The van der Waals surface area contributed by atoms with Gasteiger partial charge in [-0.3, -0.25) is 4.98 Å². The van der Waals surface area contributed by atoms with Gasteiger partial charge in [0.1, 0.15) is 5.82 Å². The smallest absolute Gasteiger partial charge is 0.318 e. The van der Waals surface area contributed by atoms with Gasteiger partial charge in [0.25, 0.3) is 0 Å². The molecule has 4 rings (SSSR count). The molecule has 3 aromatic rings. The number of aromatic nitrogens is 3. The highest BCUT2D eigenvalue weighted by molar-refractivity contribution is 5.77. The van der Waals surface area contributed by atoms with Crippen LogP contribution in [0.2, 0.25) is 0 Å². The number of nitrogens with one attached hydrogen (secondary N) is 2. The van der Waals surface area contributed by atoms with Crippen LogP contribution in [0.4, 0.5) is 4.79 Å². The van der Waals surface area contributed by atoms with Gasteiger partial charge in [0, 0.05) is 25.0 Å². The van der Waals surface area contributed by atoms with Gasteiger partial charge in [-0.05, 0) is 55.5 Å². The minimum atomic E-state index is -0.139. The summed E-state index contributed by atoms with van der Waals surface area (Å²) in [5, 5.41) is 3.17. The van der Waals surface area contributed by atoms with E-state index < -0.39 is 0 Å². The fourth-order valence-electron chi connectivity index (χ4n) is 3.35. The normalized spacial score (nSPS) is 14.9. The SMILES string of the molecule is CC[C@H](NC(=O)N(Cc1cccnc1)C1CC1)c1nc2ccc(C)cc2[nH]1. The number of aryl methyl sites for hydroxylation is 1. The molecular formula is C21H25N5O. The molecule has 2 amide bonds. The number of carbonyl (C=O) groups is 1. The lowest BCUT2D eigenvalue weighted by Gasteiger charge is -2.25. The molecule has 140 valence electrons. The number of hydrogen-bond donors (Lipinski definition) is 2. The van der Waals surface area contributed by atoms with Gasteiger partial charge in [-0.15, -0.1) is 0 Å². The number of hydrogen-bond acceptors (Lipinski definition) is 3. The van der Waals surface area contributed by atoms with Crippen molar-refractivity contribution in [2.45, 2.75) is 51.7 Å². The number of imidazole rings is 1. The molecule has 1 aliphatic carbocycles. The van der Waals surface area contributed by atoms with E-state index in [1.807, 2.05) is 29.3 Å². The molecule has 2 N–H and O–H groups in total. The topological polar surface area (TPSA) is 73.9 Å². The standard InChI is InChI=1S/C21H25N5O/c1-3-17(20-23-18-9-6-14(2)11-19(18)24-20)25-21(27)26(16-7-8-16)13-15-5-4-10-22-12-15/h4-6,9-12,16-17H,3,7-8,13H2,1-2H3,(H,23,24)(H,25,27)/t17-/m0/s1. The van der Waals surface area contributed by atoms with E-state index in [1.165, 1.54) is 5.56 Å². The van der Waals surface area contributed by atoms with E-state index in [4.69, 9.17) is 0 Å². The summed E-state index contributed by atoms with van der Waals surface area (Å²) in [5.74, 6) is 0.809. The van der Waals surface area contributed by atoms with Crippen LogP contribution in [0.1, 0.15) is 49.2 Å². The molecule has 1 aliphatic rings. The van der Waals surface area contributed by atoms with Gasteiger partial charge < -0.3 is 15.2 Å². The summed E-state index contributed by atoms with van der Waals surface area (Å²) in [7, 11) is 0. The lowest BCUT2D eigenvalue weighted by molar-refractivity contribution is 0.187. The molecule has 0 aliphatic heterocycles. The molecule has 6 heteroatoms. The van der Waals surface area contributed by atoms with Crippen molar-refractivity contribution in [3.05, 3.63) is 59.7 Å². The number of urea groups is 1. The van der Waals surface area contributed by atoms with Crippen LogP contribution in [0.3, 0.4) is 0 Å². The Labute approximate surface area is 159 Å². The van der Waals surface area contributed by atoms with Gasteiger partial charge in [0.15, 0.2) is 0 Å². The van der Waals surface area contributed by atoms with Crippen molar-refractivity contribution in [1.29, 1.82) is 0 Å². The Morgan fingerprint density at radius 1 is 1.37 bits per heavy atom. The van der Waals surface area contributed by atoms with Crippen molar-refractivity contribution >= 4 is 17.1 Å². The predicted molar refractivity (Wildman–Crippen MR) is 105 cm³/mol. The highest BCUT2D eigenvalue weighted by Gasteiger charge is 2.33. The number of aromatic amines is 1. The quantitative estimate of drug-likeness (QED) is 0.693. The van der Waals surface area contributed by atoms with Crippen LogP contribution in [0.15, 0.2) is 42.7 Å². The number of nitrogens with zero attached hydrogens (tertiary/aromatic N) is 3. The van der Waals surface area contributed by atoms with Gasteiger partial charge in [-0.1, -0.05) is 19.1 Å². The molecule has 27 heavy (non-hydrogen) atoms. The van der Waals surface area contributed by atoms with Crippen LogP contribution in [0.5, 0.6) is 0 Å². The minimum Gasteiger partial charge on any atom is -0.340 e. The molecule has 6 nitrogen and oxygen atoms in total. The zero-order valence-corrected chi connectivity index (χ0v) is 15.8. The monoisotopic (exact) mass is 363 g/mol. The van der Waals surface area contributed by atoms with E-state index >= 15 is 0 Å². The summed E-state index contributed by atoms with van der Waals surface area (Å²) in [6.45, 7) is 4.71. The van der Waals surface area contributed by atoms with Crippen LogP contribution >= 0.6 is 0 Å². The van der Waals surface area contributed by atoms with Crippen LogP contribution in [-0.2, 0) is 6.54 Å². The molecule has 1 fully saturated rings. The van der Waals surface area contributed by atoms with E-state index in [1.54, 1.807) is 6.20 Å². The van der Waals surface area contributed by atoms with Crippen molar-refractivity contribution in [1.82, 2.24) is 25.2 Å². The van der Waals surface area contributed by atoms with E-state index in [0.717, 1.165) is 41.7 Å². The molecule has 0 saturated heterocycles. The molecule has 2 aromatic heterocycles. The molecule has 0 bridgehead atoms. The Bertz CT molecular complexity index is 932. The third-order valence-electron chi connectivity index (χ3n) is 5.02. The van der Waals surface area contributed by atoms with Crippen molar-refractivity contribution in [2.24, 2.45) is 0 Å². The summed E-state index contributed by atoms with van der Waals surface area (Å²) < 4.78 is 0. The van der Waals surface area contributed by atoms with Crippen LogP contribution in [0, 0.1) is 6.92 Å². The zero-order chi connectivity index (χ0) is 18.8. The molecule has 1 saturated carbocycles. The Kier molecular flexibility index (Phi) is 4.79. The number of H-pyrrole nitrogens is 1. The highest BCUT2D eigenvalue weighted by Crippen LogP contribution is 2.29. The number of carbonyl (C=O) groups excluding carboxylic acids is 1. The third-order valence-corrected chi connectivity index (χ3v) is 5.02. The zero-order valence-electron chi connectivity index (χ0n) is 15.8. The van der Waals surface area contributed by atoms with Gasteiger partial charge >= 0.3 is 6.03 Å². The Morgan fingerprint density at radius 3 is 2.93 bits per heavy atom. The minimum absolute atomic E-state index is 0.0372. The van der Waals surface area contributed by atoms with E-state index in [-0.39, 0.29) is 12.1 Å². The molecule has 1 aromatic carbocycles. The van der Waals surface area contributed by atoms with E-state index in [2.05, 4.69) is 46.2 Å². The largest absolute Gasteiger partial charge is 0.340 e. The molecule has 1 atom stereocenters. The van der Waals surface area contributed by atoms with Crippen molar-refractivity contribution in [3.63, 3.8) is 0 Å². The van der Waals surface area contributed by atoms with Crippen molar-refractivity contribution in [3.8, 4) is 0 Å². The van der Waals surface area contributed by atoms with Crippen LogP contribution in [0.25, 0.3) is 11.0 Å². The lowest BCUT2D eigenvalue weighted by atomic mass is 10.2. The maximum atomic E-state index is 13.0. The summed E-state index contributed by atoms with van der Waals surface area (Å²) in [4.78, 5) is 27.1. The van der Waals surface area contributed by atoms with Gasteiger partial charge in [-0.2, -0.15) is 0 Å². The number of pyridine rings is 1. The second-order valence-electron chi connectivity index (χ2n) is 7.27. The van der Waals surface area contributed by atoms with Crippen LogP contribution in [-0.4, -0.2) is 31.9 Å². The fraction of sp³-hybridized carbons (Fsp3) is 0.381. The van der Waals surface area contributed by atoms with Crippen molar-refractivity contribution < 1.29 is 4.79 Å². The Balaban J connectivity index is 1.51. The van der Waals surface area contributed by atoms with E-state index in [9.17, 15) is 4.79 Å². The Hall–Kier alpha value is -2.89. The number of fused-ring (bicyclic) bond motifs is 1. The molecule has 0 radical (unpaired) electrons. The number of benzene rings is 1. The number of amides is 2. The fourth-order valence-corrected chi connectivity index (χ4v) is 3.35. The Morgan fingerprint density at radius 2 is 2.22 bits per heavy atom. The summed E-state index contributed by atoms with van der Waals surface area (Å²) in [6, 6.07) is 10.2. The summed E-state index contributed by atoms with van der Waals surface area (Å²) >= 11 is 0. The first-order chi connectivity index (χ1) is 13.1. The summed E-state index contributed by atoms with van der Waals surface area (Å²) in [5.41, 5.74) is 4.17. The second kappa shape index (κ2) is 7.39. The average molecular weight is 363 g/mol. The molecular weight excluding hydrogens is 338 g/mol. The maximum Gasteiger partial charge on any atom is 0.318 e. The van der Waals surface area contributed by atoms with Crippen molar-refractivity contribution in [2.75, 3.05) is 0 Å². The van der Waals surface area contributed by atoms with Gasteiger partial charge in [0.05, 0.1) is 17.1 Å². The lowest BCUT2D eigenvalue weighted by Crippen LogP contribution is -2.42.